The van der Waals surface area contributed by atoms with Crippen molar-refractivity contribution < 1.29 is 14.3 Å². The van der Waals surface area contributed by atoms with Crippen LogP contribution >= 0.6 is 36.2 Å². The number of carbonyl (C=O) groups is 1. The van der Waals surface area contributed by atoms with Crippen molar-refractivity contribution in [3.05, 3.63) is 29.3 Å². The third-order valence-corrected chi connectivity index (χ3v) is 4.80. The summed E-state index contributed by atoms with van der Waals surface area (Å²) in [7, 11) is 1.78. The van der Waals surface area contributed by atoms with Crippen LogP contribution in [0.3, 0.4) is 0 Å². The van der Waals surface area contributed by atoms with Gasteiger partial charge >= 0.3 is 0 Å². The van der Waals surface area contributed by atoms with Crippen LogP contribution in [0.4, 0.5) is 0 Å². The number of halogens is 2. The molecule has 0 bridgehead atoms. The summed E-state index contributed by atoms with van der Waals surface area (Å²) in [5, 5.41) is 2.57. The Bertz CT molecular complexity index is 767. The fraction of sp³-hybridized carbons (Fsp3) is 0.412. The minimum Gasteiger partial charge on any atom is -0.454 e. The fourth-order valence-corrected chi connectivity index (χ4v) is 3.30. The molecule has 1 aliphatic heterocycles. The monoisotopic (exact) mass is 419 g/mol. The summed E-state index contributed by atoms with van der Waals surface area (Å²) in [5.74, 6) is 1.34. The average Bonchev–Trinajstić information content (AvgIpc) is 3.22. The molecule has 1 aromatic carbocycles. The maximum absolute atomic E-state index is 12.6. The van der Waals surface area contributed by atoms with Gasteiger partial charge < -0.3 is 20.1 Å². The number of aromatic nitrogens is 1. The van der Waals surface area contributed by atoms with Crippen LogP contribution in [0.25, 0.3) is 10.6 Å². The van der Waals surface area contributed by atoms with Gasteiger partial charge in [-0.15, -0.1) is 36.2 Å². The first kappa shape index (κ1) is 22.5. The molecule has 0 fully saturated rings. The molecule has 0 spiro atoms. The first-order chi connectivity index (χ1) is 11.4. The van der Waals surface area contributed by atoms with E-state index in [4.69, 9.17) is 15.2 Å². The number of nitrogens with two attached hydrogens (primary N) is 1. The molecule has 6 nitrogen and oxygen atoms in total. The largest absolute Gasteiger partial charge is 0.454 e. The van der Waals surface area contributed by atoms with E-state index in [0.29, 0.717) is 24.5 Å². The summed E-state index contributed by atoms with van der Waals surface area (Å²) < 4.78 is 10.7. The molecule has 0 saturated heterocycles. The second-order valence-electron chi connectivity index (χ2n) is 6.64. The smallest absolute Gasteiger partial charge is 0.273 e. The Hall–Kier alpha value is -1.54. The molecule has 0 radical (unpaired) electrons. The van der Waals surface area contributed by atoms with Crippen LogP contribution in [-0.4, -0.2) is 42.7 Å². The molecule has 9 heteroatoms. The number of carbonyl (C=O) groups excluding carboxylic acids is 1. The molecule has 2 aromatic rings. The van der Waals surface area contributed by atoms with Crippen molar-refractivity contribution in [3.8, 4) is 22.1 Å². The Labute approximate surface area is 169 Å². The summed E-state index contributed by atoms with van der Waals surface area (Å²) in [6.07, 6.45) is 0. The molecule has 0 saturated carbocycles. The van der Waals surface area contributed by atoms with Crippen molar-refractivity contribution in [2.75, 3.05) is 26.9 Å². The molecule has 1 aliphatic rings. The third kappa shape index (κ3) is 4.79. The van der Waals surface area contributed by atoms with Crippen molar-refractivity contribution in [2.24, 2.45) is 11.1 Å². The number of hydrogen-bond acceptors (Lipinski definition) is 6. The van der Waals surface area contributed by atoms with Gasteiger partial charge in [-0.2, -0.15) is 0 Å². The van der Waals surface area contributed by atoms with E-state index in [-0.39, 0.29) is 42.9 Å². The highest BCUT2D eigenvalue weighted by molar-refractivity contribution is 7.13. The van der Waals surface area contributed by atoms with Crippen LogP contribution in [0.2, 0.25) is 0 Å². The van der Waals surface area contributed by atoms with Crippen molar-refractivity contribution in [1.82, 2.24) is 9.88 Å². The molecule has 1 amide bonds. The molecule has 26 heavy (non-hydrogen) atoms. The Morgan fingerprint density at radius 2 is 2.00 bits per heavy atom. The van der Waals surface area contributed by atoms with E-state index in [2.05, 4.69) is 4.98 Å². The Morgan fingerprint density at radius 3 is 2.69 bits per heavy atom. The predicted octanol–water partition coefficient (Wildman–Crippen LogP) is 3.44. The summed E-state index contributed by atoms with van der Waals surface area (Å²) in [5.41, 5.74) is 6.98. The highest BCUT2D eigenvalue weighted by atomic mass is 35.5. The van der Waals surface area contributed by atoms with E-state index in [1.165, 1.54) is 11.3 Å². The number of ether oxygens (including phenoxy) is 2. The molecular weight excluding hydrogens is 397 g/mol. The van der Waals surface area contributed by atoms with E-state index in [1.807, 2.05) is 32.0 Å². The predicted molar refractivity (Wildman–Crippen MR) is 108 cm³/mol. The normalized spacial score (nSPS) is 12.2. The van der Waals surface area contributed by atoms with E-state index in [9.17, 15) is 4.79 Å². The van der Waals surface area contributed by atoms with E-state index >= 15 is 0 Å². The van der Waals surface area contributed by atoms with Gasteiger partial charge in [-0.1, -0.05) is 13.8 Å². The maximum Gasteiger partial charge on any atom is 0.273 e. The molecule has 2 heterocycles. The highest BCUT2D eigenvalue weighted by Gasteiger charge is 2.24. The zero-order chi connectivity index (χ0) is 17.3. The van der Waals surface area contributed by atoms with Gasteiger partial charge in [0.2, 0.25) is 6.79 Å². The number of benzene rings is 1. The fourth-order valence-electron chi connectivity index (χ4n) is 2.51. The zero-order valence-electron chi connectivity index (χ0n) is 14.9. The third-order valence-electron chi connectivity index (χ3n) is 3.91. The van der Waals surface area contributed by atoms with E-state index in [0.717, 1.165) is 16.3 Å². The van der Waals surface area contributed by atoms with Crippen molar-refractivity contribution >= 4 is 42.1 Å². The summed E-state index contributed by atoms with van der Waals surface area (Å²) in [6.45, 7) is 5.41. The van der Waals surface area contributed by atoms with Crippen LogP contribution in [0.15, 0.2) is 23.6 Å². The number of amides is 1. The quantitative estimate of drug-likeness (QED) is 0.802. The molecule has 0 unspecified atom stereocenters. The van der Waals surface area contributed by atoms with Crippen LogP contribution < -0.4 is 15.2 Å². The highest BCUT2D eigenvalue weighted by Crippen LogP contribution is 2.36. The van der Waals surface area contributed by atoms with Crippen LogP contribution in [0.1, 0.15) is 24.3 Å². The molecule has 1 aromatic heterocycles. The van der Waals surface area contributed by atoms with Crippen molar-refractivity contribution in [2.45, 2.75) is 13.8 Å². The number of fused-ring (bicyclic) bond motifs is 1. The number of hydrogen-bond donors (Lipinski definition) is 1. The molecular formula is C17H23Cl2N3O3S. The summed E-state index contributed by atoms with van der Waals surface area (Å²) in [6, 6.07) is 5.66. The van der Waals surface area contributed by atoms with Gasteiger partial charge in [-0.25, -0.2) is 4.98 Å². The average molecular weight is 420 g/mol. The van der Waals surface area contributed by atoms with E-state index < -0.39 is 0 Å². The molecule has 0 aliphatic carbocycles. The Kier molecular flexibility index (Phi) is 7.70. The first-order valence-corrected chi connectivity index (χ1v) is 8.59. The lowest BCUT2D eigenvalue weighted by Gasteiger charge is -2.28. The van der Waals surface area contributed by atoms with Gasteiger partial charge in [-0.05, 0) is 30.2 Å². The second-order valence-corrected chi connectivity index (χ2v) is 7.49. The summed E-state index contributed by atoms with van der Waals surface area (Å²) >= 11 is 1.44. The molecule has 2 N–H and O–H groups in total. The van der Waals surface area contributed by atoms with Crippen LogP contribution in [0, 0.1) is 5.41 Å². The maximum atomic E-state index is 12.6. The second kappa shape index (κ2) is 8.90. The SMILES string of the molecule is CN(CC(C)(C)CN)C(=O)c1csc(-c2ccc3c(c2)OCO3)n1.Cl.Cl. The minimum atomic E-state index is -0.124. The van der Waals surface area contributed by atoms with Crippen LogP contribution in [-0.2, 0) is 0 Å². The molecule has 3 rings (SSSR count). The van der Waals surface area contributed by atoms with Gasteiger partial charge in [0.25, 0.3) is 5.91 Å². The zero-order valence-corrected chi connectivity index (χ0v) is 17.3. The van der Waals surface area contributed by atoms with Crippen LogP contribution in [0.5, 0.6) is 11.5 Å². The lowest BCUT2D eigenvalue weighted by Crippen LogP contribution is -2.39. The first-order valence-electron chi connectivity index (χ1n) is 7.71. The number of nitrogens with zero attached hydrogens (tertiary/aromatic N) is 2. The lowest BCUT2D eigenvalue weighted by molar-refractivity contribution is 0.0735. The molecule has 144 valence electrons. The topological polar surface area (TPSA) is 77.7 Å². The van der Waals surface area contributed by atoms with Gasteiger partial charge in [-0.3, -0.25) is 4.79 Å². The standard InChI is InChI=1S/C17H21N3O3S.2ClH/c1-17(2,8-18)9-20(3)16(21)12-7-24-15(19-12)11-4-5-13-14(6-11)23-10-22-13;;/h4-7H,8-10,18H2,1-3H3;2*1H. The summed E-state index contributed by atoms with van der Waals surface area (Å²) in [4.78, 5) is 18.7. The van der Waals surface area contributed by atoms with Crippen molar-refractivity contribution in [3.63, 3.8) is 0 Å². The Morgan fingerprint density at radius 1 is 1.31 bits per heavy atom. The van der Waals surface area contributed by atoms with Gasteiger partial charge in [0, 0.05) is 24.5 Å². The number of rotatable bonds is 5. The van der Waals surface area contributed by atoms with Gasteiger partial charge in [0.05, 0.1) is 0 Å². The van der Waals surface area contributed by atoms with Gasteiger partial charge in [0.1, 0.15) is 10.7 Å². The van der Waals surface area contributed by atoms with Gasteiger partial charge in [0.15, 0.2) is 11.5 Å². The molecule has 0 atom stereocenters. The number of thiazole rings is 1. The minimum absolute atomic E-state index is 0. The Balaban J connectivity index is 0.00000169. The lowest BCUT2D eigenvalue weighted by atomic mass is 9.93. The van der Waals surface area contributed by atoms with E-state index in [1.54, 1.807) is 17.3 Å². The van der Waals surface area contributed by atoms with Crippen molar-refractivity contribution in [1.29, 1.82) is 0 Å².